The molecule has 1 fully saturated rings. The zero-order chi connectivity index (χ0) is 26.9. The number of aromatic nitrogens is 1. The van der Waals surface area contributed by atoms with Crippen molar-refractivity contribution in [2.45, 2.75) is 50.2 Å². The minimum absolute atomic E-state index is 0.0903. The predicted octanol–water partition coefficient (Wildman–Crippen LogP) is -1.23. The van der Waals surface area contributed by atoms with Gasteiger partial charge in [-0.15, -0.1) is 0 Å². The second-order valence-corrected chi connectivity index (χ2v) is 8.92. The van der Waals surface area contributed by atoms with Crippen molar-refractivity contribution < 1.29 is 24.3 Å². The van der Waals surface area contributed by atoms with Gasteiger partial charge in [-0.2, -0.15) is 0 Å². The number of hydrogen-bond acceptors (Lipinski definition) is 6. The van der Waals surface area contributed by atoms with E-state index in [1.807, 2.05) is 24.3 Å². The Morgan fingerprint density at radius 3 is 2.62 bits per heavy atom. The number of benzene rings is 1. The number of carboxylic acids is 1. The third-order valence-corrected chi connectivity index (χ3v) is 6.34. The number of aliphatic imine (C=N–C) groups is 1. The van der Waals surface area contributed by atoms with Crippen molar-refractivity contribution in [3.8, 4) is 0 Å². The Bertz CT molecular complexity index is 1160. The smallest absolute Gasteiger partial charge is 0.326 e. The number of carbonyl (C=O) groups excluding carboxylic acids is 3. The van der Waals surface area contributed by atoms with E-state index in [1.165, 1.54) is 4.90 Å². The van der Waals surface area contributed by atoms with Crippen molar-refractivity contribution in [2.24, 2.45) is 22.2 Å². The van der Waals surface area contributed by atoms with Crippen LogP contribution in [0.25, 0.3) is 10.9 Å². The topological polar surface area (TPSA) is 222 Å². The number of rotatable bonds is 12. The van der Waals surface area contributed by atoms with Crippen LogP contribution in [-0.4, -0.2) is 82.4 Å². The number of para-hydroxylation sites is 1. The Morgan fingerprint density at radius 2 is 1.92 bits per heavy atom. The molecule has 10 N–H and O–H groups in total. The van der Waals surface area contributed by atoms with Gasteiger partial charge in [-0.25, -0.2) is 4.79 Å². The molecule has 13 heteroatoms. The number of nitrogens with one attached hydrogen (secondary N) is 3. The average molecular weight is 515 g/mol. The van der Waals surface area contributed by atoms with E-state index in [9.17, 15) is 24.3 Å². The van der Waals surface area contributed by atoms with Crippen molar-refractivity contribution in [1.82, 2.24) is 20.5 Å². The molecule has 1 saturated heterocycles. The number of fused-ring (bicyclic) bond motifs is 1. The molecule has 2 heterocycles. The molecule has 3 amide bonds. The number of aliphatic carboxylic acids is 1. The molecule has 3 atom stereocenters. The Labute approximate surface area is 213 Å². The lowest BCUT2D eigenvalue weighted by atomic mass is 10.0. The van der Waals surface area contributed by atoms with Gasteiger partial charge in [0.2, 0.25) is 17.7 Å². The van der Waals surface area contributed by atoms with Gasteiger partial charge >= 0.3 is 5.97 Å². The van der Waals surface area contributed by atoms with Crippen LogP contribution in [-0.2, 0) is 25.6 Å². The highest BCUT2D eigenvalue weighted by Crippen LogP contribution is 2.21. The van der Waals surface area contributed by atoms with Gasteiger partial charge in [0, 0.05) is 36.6 Å². The van der Waals surface area contributed by atoms with Crippen molar-refractivity contribution in [2.75, 3.05) is 19.6 Å². The molecule has 3 unspecified atom stereocenters. The first-order valence-electron chi connectivity index (χ1n) is 12.1. The number of hydrogen-bond donors (Lipinski definition) is 7. The molecule has 13 nitrogen and oxygen atoms in total. The summed E-state index contributed by atoms with van der Waals surface area (Å²) in [4.78, 5) is 58.9. The minimum atomic E-state index is -1.22. The average Bonchev–Trinajstić information content (AvgIpc) is 3.52. The van der Waals surface area contributed by atoms with Gasteiger partial charge in [0.15, 0.2) is 5.96 Å². The fraction of sp³-hybridized carbons (Fsp3) is 0.458. The molecule has 37 heavy (non-hydrogen) atoms. The lowest BCUT2D eigenvalue weighted by Crippen LogP contribution is -2.56. The summed E-state index contributed by atoms with van der Waals surface area (Å²) in [6.07, 6.45) is 3.36. The largest absolute Gasteiger partial charge is 0.480 e. The van der Waals surface area contributed by atoms with Crippen molar-refractivity contribution >= 4 is 40.6 Å². The number of nitrogens with zero attached hydrogens (tertiary/aromatic N) is 2. The lowest BCUT2D eigenvalue weighted by Gasteiger charge is -2.27. The highest BCUT2D eigenvalue weighted by atomic mass is 16.4. The maximum atomic E-state index is 13.3. The molecule has 1 aromatic heterocycles. The number of H-pyrrole nitrogens is 1. The highest BCUT2D eigenvalue weighted by molar-refractivity contribution is 5.94. The summed E-state index contributed by atoms with van der Waals surface area (Å²) in [6, 6.07) is 4.48. The maximum absolute atomic E-state index is 13.3. The number of aromatic amines is 1. The van der Waals surface area contributed by atoms with Crippen molar-refractivity contribution in [3.05, 3.63) is 36.0 Å². The quantitative estimate of drug-likeness (QED) is 0.103. The fourth-order valence-corrected chi connectivity index (χ4v) is 4.49. The second kappa shape index (κ2) is 12.7. The maximum Gasteiger partial charge on any atom is 0.326 e. The van der Waals surface area contributed by atoms with Crippen LogP contribution < -0.4 is 27.8 Å². The van der Waals surface area contributed by atoms with Crippen LogP contribution >= 0.6 is 0 Å². The van der Waals surface area contributed by atoms with Crippen molar-refractivity contribution in [1.29, 1.82) is 0 Å². The Balaban J connectivity index is 1.79. The summed E-state index contributed by atoms with van der Waals surface area (Å²) >= 11 is 0. The van der Waals surface area contributed by atoms with Gasteiger partial charge in [0.05, 0.1) is 6.54 Å². The number of likely N-dealkylation sites (tertiary alicyclic amines) is 1. The highest BCUT2D eigenvalue weighted by Gasteiger charge is 2.36. The molecule has 0 bridgehead atoms. The Hall–Kier alpha value is -4.13. The summed E-state index contributed by atoms with van der Waals surface area (Å²) in [5, 5.41) is 15.8. The van der Waals surface area contributed by atoms with Gasteiger partial charge in [-0.05, 0) is 37.3 Å². The zero-order valence-corrected chi connectivity index (χ0v) is 20.5. The van der Waals surface area contributed by atoms with E-state index in [0.717, 1.165) is 16.5 Å². The van der Waals surface area contributed by atoms with Crippen LogP contribution in [0.4, 0.5) is 0 Å². The monoisotopic (exact) mass is 514 g/mol. The molecule has 0 radical (unpaired) electrons. The van der Waals surface area contributed by atoms with Crippen LogP contribution in [0.2, 0.25) is 0 Å². The van der Waals surface area contributed by atoms with Crippen molar-refractivity contribution in [3.63, 3.8) is 0 Å². The first-order chi connectivity index (χ1) is 17.7. The lowest BCUT2D eigenvalue weighted by molar-refractivity contribution is -0.143. The van der Waals surface area contributed by atoms with Gasteiger partial charge in [0.1, 0.15) is 18.1 Å². The van der Waals surface area contributed by atoms with Gasteiger partial charge in [-0.3, -0.25) is 19.4 Å². The summed E-state index contributed by atoms with van der Waals surface area (Å²) in [5.41, 5.74) is 17.7. The van der Waals surface area contributed by atoms with E-state index < -0.39 is 35.9 Å². The van der Waals surface area contributed by atoms with E-state index in [1.54, 1.807) is 6.20 Å². The molecule has 1 aliphatic heterocycles. The van der Waals surface area contributed by atoms with E-state index in [4.69, 9.17) is 17.2 Å². The SMILES string of the molecule is NCC(=O)N1CCCC1C(=O)NC(Cc1c[nH]c2ccccc12)C(=O)NC(CCCN=C(N)N)C(=O)O. The molecular formula is C24H34N8O5. The summed E-state index contributed by atoms with van der Waals surface area (Å²) < 4.78 is 0. The van der Waals surface area contributed by atoms with Crippen LogP contribution in [0.1, 0.15) is 31.2 Å². The van der Waals surface area contributed by atoms with Crippen LogP contribution in [0.5, 0.6) is 0 Å². The number of nitrogens with two attached hydrogens (primary N) is 3. The number of guanidine groups is 1. The number of carboxylic acid groups (broad SMARTS) is 1. The molecule has 1 aromatic carbocycles. The number of amides is 3. The van der Waals surface area contributed by atoms with Crippen LogP contribution in [0.15, 0.2) is 35.5 Å². The molecule has 200 valence electrons. The molecule has 2 aromatic rings. The third-order valence-electron chi connectivity index (χ3n) is 6.34. The van der Waals surface area contributed by atoms with Crippen LogP contribution in [0.3, 0.4) is 0 Å². The predicted molar refractivity (Wildman–Crippen MR) is 137 cm³/mol. The summed E-state index contributed by atoms with van der Waals surface area (Å²) in [7, 11) is 0. The third kappa shape index (κ3) is 7.19. The first kappa shape index (κ1) is 27.5. The molecule has 0 aliphatic carbocycles. The van der Waals surface area contributed by atoms with E-state index in [0.29, 0.717) is 25.8 Å². The summed E-state index contributed by atoms with van der Waals surface area (Å²) in [5.74, 6) is -2.80. The van der Waals surface area contributed by atoms with Crippen LogP contribution in [0, 0.1) is 0 Å². The van der Waals surface area contributed by atoms with E-state index in [2.05, 4.69) is 20.6 Å². The second-order valence-electron chi connectivity index (χ2n) is 8.92. The first-order valence-corrected chi connectivity index (χ1v) is 12.1. The Kier molecular flexibility index (Phi) is 9.44. The zero-order valence-electron chi connectivity index (χ0n) is 20.5. The molecular weight excluding hydrogens is 480 g/mol. The fourth-order valence-electron chi connectivity index (χ4n) is 4.49. The van der Waals surface area contributed by atoms with E-state index >= 15 is 0 Å². The van der Waals surface area contributed by atoms with Gasteiger partial charge in [0.25, 0.3) is 0 Å². The summed E-state index contributed by atoms with van der Waals surface area (Å²) in [6.45, 7) is 0.400. The molecule has 0 spiro atoms. The normalized spacial score (nSPS) is 16.7. The van der Waals surface area contributed by atoms with E-state index in [-0.39, 0.29) is 37.8 Å². The molecule has 0 saturated carbocycles. The number of carbonyl (C=O) groups is 4. The molecule has 3 rings (SSSR count). The van der Waals surface area contributed by atoms with Gasteiger partial charge in [-0.1, -0.05) is 18.2 Å². The van der Waals surface area contributed by atoms with Gasteiger partial charge < -0.3 is 42.8 Å². The molecule has 1 aliphatic rings. The Morgan fingerprint density at radius 1 is 1.16 bits per heavy atom. The standard InChI is InChI=1S/C24H34N8O5/c25-12-20(33)32-10-4-8-19(32)22(35)31-18(11-14-13-29-16-6-2-1-5-15(14)16)21(34)30-17(23(36)37)7-3-9-28-24(26)27/h1-2,5-6,13,17-19,29H,3-4,7-12,25H2,(H,30,34)(H,31,35)(H,36,37)(H4,26,27,28). The minimum Gasteiger partial charge on any atom is -0.480 e.